The van der Waals surface area contributed by atoms with Crippen molar-refractivity contribution in [2.45, 2.75) is 12.1 Å². The van der Waals surface area contributed by atoms with Gasteiger partial charge < -0.3 is 24.6 Å². The molecule has 30 heavy (non-hydrogen) atoms. The Morgan fingerprint density at radius 1 is 1.07 bits per heavy atom. The number of hydrogen-bond acceptors (Lipinski definition) is 6. The summed E-state index contributed by atoms with van der Waals surface area (Å²) >= 11 is 3.41. The maximum Gasteiger partial charge on any atom is 0.268 e. The largest absolute Gasteiger partial charge is 0.507 e. The van der Waals surface area contributed by atoms with Gasteiger partial charge in [-0.05, 0) is 36.4 Å². The van der Waals surface area contributed by atoms with E-state index >= 15 is 0 Å². The number of halogens is 1. The molecule has 7 nitrogen and oxygen atoms in total. The van der Waals surface area contributed by atoms with E-state index in [-0.39, 0.29) is 17.9 Å². The van der Waals surface area contributed by atoms with Crippen molar-refractivity contribution in [1.82, 2.24) is 4.98 Å². The Hall–Kier alpha value is -3.10. The van der Waals surface area contributed by atoms with Gasteiger partial charge in [0.25, 0.3) is 5.91 Å². The first kappa shape index (κ1) is 18.9. The molecule has 3 heterocycles. The maximum atomic E-state index is 13.6. The zero-order chi connectivity index (χ0) is 20.9. The van der Waals surface area contributed by atoms with Crippen LogP contribution in [0, 0.1) is 0 Å². The van der Waals surface area contributed by atoms with Gasteiger partial charge in [-0.3, -0.25) is 9.78 Å². The first-order valence-electron chi connectivity index (χ1n) is 9.36. The molecule has 1 aromatic heterocycles. The second-order valence-corrected chi connectivity index (χ2v) is 8.01. The molecule has 1 amide bonds. The number of aliphatic hydroxyl groups is 1. The summed E-state index contributed by atoms with van der Waals surface area (Å²) in [5.74, 6) is -0.0831. The van der Waals surface area contributed by atoms with Crippen molar-refractivity contribution in [1.29, 1.82) is 0 Å². The van der Waals surface area contributed by atoms with E-state index in [1.54, 1.807) is 30.5 Å². The van der Waals surface area contributed by atoms with E-state index in [0.29, 0.717) is 46.1 Å². The van der Waals surface area contributed by atoms with E-state index in [4.69, 9.17) is 9.47 Å². The number of ether oxygens (including phenoxy) is 2. The molecule has 0 radical (unpaired) electrons. The van der Waals surface area contributed by atoms with E-state index < -0.39 is 11.5 Å². The topological polar surface area (TPSA) is 92.1 Å². The summed E-state index contributed by atoms with van der Waals surface area (Å²) in [4.78, 5) is 19.3. The average Bonchev–Trinajstić information content (AvgIpc) is 2.96. The van der Waals surface area contributed by atoms with Gasteiger partial charge >= 0.3 is 0 Å². The highest BCUT2D eigenvalue weighted by atomic mass is 79.9. The van der Waals surface area contributed by atoms with E-state index in [1.165, 1.54) is 17.0 Å². The Morgan fingerprint density at radius 3 is 2.57 bits per heavy atom. The predicted molar refractivity (Wildman–Crippen MR) is 112 cm³/mol. The summed E-state index contributed by atoms with van der Waals surface area (Å²) < 4.78 is 11.8. The van der Waals surface area contributed by atoms with Gasteiger partial charge in [-0.1, -0.05) is 22.0 Å². The summed E-state index contributed by atoms with van der Waals surface area (Å²) in [6, 6.07) is 13.5. The van der Waals surface area contributed by atoms with Crippen molar-refractivity contribution in [3.8, 4) is 17.2 Å². The summed E-state index contributed by atoms with van der Waals surface area (Å²) in [7, 11) is 0. The number of aromatic hydroxyl groups is 1. The summed E-state index contributed by atoms with van der Waals surface area (Å²) in [6.45, 7) is 0.891. The van der Waals surface area contributed by atoms with E-state index in [0.717, 1.165) is 0 Å². The van der Waals surface area contributed by atoms with Crippen molar-refractivity contribution in [3.63, 3.8) is 0 Å². The summed E-state index contributed by atoms with van der Waals surface area (Å²) in [6.07, 6.45) is 1.65. The van der Waals surface area contributed by atoms with Crippen LogP contribution in [0.15, 0.2) is 59.2 Å². The van der Waals surface area contributed by atoms with Gasteiger partial charge in [-0.15, -0.1) is 0 Å². The standard InChI is InChI=1S/C22H17BrN2O5/c23-13-4-5-17-15(9-13)22(28,21(27)25(17)12-14-3-1-2-6-24-14)16-10-19-20(11-18(16)26)30-8-7-29-19/h1-6,9-11,26,28H,7-8,12H2. The Bertz CT molecular complexity index is 1150. The number of anilines is 1. The minimum absolute atomic E-state index is 0.0413. The van der Waals surface area contributed by atoms with Crippen LogP contribution in [0.1, 0.15) is 16.8 Å². The lowest BCUT2D eigenvalue weighted by molar-refractivity contribution is -0.132. The molecule has 5 rings (SSSR count). The average molecular weight is 469 g/mol. The molecule has 2 aromatic carbocycles. The number of aromatic nitrogens is 1. The lowest BCUT2D eigenvalue weighted by atomic mass is 9.86. The Labute approximate surface area is 180 Å². The van der Waals surface area contributed by atoms with Crippen LogP contribution < -0.4 is 14.4 Å². The maximum absolute atomic E-state index is 13.6. The van der Waals surface area contributed by atoms with E-state index in [1.807, 2.05) is 12.1 Å². The molecule has 3 aromatic rings. The third kappa shape index (κ3) is 2.83. The molecule has 0 saturated carbocycles. The normalized spacial score (nSPS) is 19.7. The number of phenols is 1. The van der Waals surface area contributed by atoms with Crippen LogP contribution in [0.25, 0.3) is 0 Å². The monoisotopic (exact) mass is 468 g/mol. The molecule has 0 spiro atoms. The van der Waals surface area contributed by atoms with Crippen LogP contribution in [0.2, 0.25) is 0 Å². The quantitative estimate of drug-likeness (QED) is 0.613. The molecule has 2 aliphatic heterocycles. The third-order valence-corrected chi connectivity index (χ3v) is 5.78. The van der Waals surface area contributed by atoms with E-state index in [2.05, 4.69) is 20.9 Å². The first-order chi connectivity index (χ1) is 14.5. The second-order valence-electron chi connectivity index (χ2n) is 7.10. The smallest absolute Gasteiger partial charge is 0.268 e. The van der Waals surface area contributed by atoms with Crippen LogP contribution in [0.5, 0.6) is 17.2 Å². The zero-order valence-electron chi connectivity index (χ0n) is 15.7. The number of carbonyl (C=O) groups excluding carboxylic acids is 1. The van der Waals surface area contributed by atoms with Crippen molar-refractivity contribution >= 4 is 27.5 Å². The zero-order valence-corrected chi connectivity index (χ0v) is 17.3. The molecule has 8 heteroatoms. The van der Waals surface area contributed by atoms with Gasteiger partial charge in [0.1, 0.15) is 19.0 Å². The minimum atomic E-state index is -2.09. The van der Waals surface area contributed by atoms with Gasteiger partial charge in [0.15, 0.2) is 11.5 Å². The van der Waals surface area contributed by atoms with Crippen LogP contribution in [0.4, 0.5) is 5.69 Å². The van der Waals surface area contributed by atoms with Gasteiger partial charge in [0, 0.05) is 27.9 Å². The molecular formula is C22H17BrN2O5. The van der Waals surface area contributed by atoms with E-state index in [9.17, 15) is 15.0 Å². The number of benzene rings is 2. The van der Waals surface area contributed by atoms with Crippen LogP contribution >= 0.6 is 15.9 Å². The molecule has 152 valence electrons. The SMILES string of the molecule is O=C1N(Cc2ccccn2)c2ccc(Br)cc2C1(O)c1cc2c(cc1O)OCCO2. The van der Waals surface area contributed by atoms with Crippen molar-refractivity contribution in [2.75, 3.05) is 18.1 Å². The summed E-state index contributed by atoms with van der Waals surface area (Å²) in [5, 5.41) is 22.4. The number of phenolic OH excluding ortho intramolecular Hbond substituents is 1. The number of fused-ring (bicyclic) bond motifs is 2. The molecule has 0 fully saturated rings. The number of rotatable bonds is 3. The lowest BCUT2D eigenvalue weighted by Crippen LogP contribution is -2.41. The van der Waals surface area contributed by atoms with Crippen molar-refractivity contribution in [2.24, 2.45) is 0 Å². The number of carbonyl (C=O) groups is 1. The molecule has 0 aliphatic carbocycles. The third-order valence-electron chi connectivity index (χ3n) is 5.29. The van der Waals surface area contributed by atoms with Crippen LogP contribution in [-0.4, -0.2) is 34.3 Å². The number of amides is 1. The fourth-order valence-electron chi connectivity index (χ4n) is 3.89. The fraction of sp³-hybridized carbons (Fsp3) is 0.182. The second kappa shape index (κ2) is 7.00. The molecule has 1 unspecified atom stereocenters. The Balaban J connectivity index is 1.67. The highest BCUT2D eigenvalue weighted by molar-refractivity contribution is 9.10. The molecular weight excluding hydrogens is 452 g/mol. The van der Waals surface area contributed by atoms with Crippen LogP contribution in [-0.2, 0) is 16.9 Å². The highest BCUT2D eigenvalue weighted by Gasteiger charge is 2.53. The fourth-order valence-corrected chi connectivity index (χ4v) is 4.25. The Morgan fingerprint density at radius 2 is 1.83 bits per heavy atom. The molecule has 0 saturated heterocycles. The lowest BCUT2D eigenvalue weighted by Gasteiger charge is -2.27. The van der Waals surface area contributed by atoms with Gasteiger partial charge in [-0.25, -0.2) is 0 Å². The van der Waals surface area contributed by atoms with Gasteiger partial charge in [-0.2, -0.15) is 0 Å². The number of hydrogen-bond donors (Lipinski definition) is 2. The van der Waals surface area contributed by atoms with Gasteiger partial charge in [0.05, 0.1) is 17.9 Å². The molecule has 2 N–H and O–H groups in total. The molecule has 1 atom stereocenters. The van der Waals surface area contributed by atoms with Crippen LogP contribution in [0.3, 0.4) is 0 Å². The molecule has 0 bridgehead atoms. The Kier molecular flexibility index (Phi) is 4.41. The van der Waals surface area contributed by atoms with Crippen molar-refractivity contribution in [3.05, 3.63) is 76.0 Å². The highest BCUT2D eigenvalue weighted by Crippen LogP contribution is 2.50. The van der Waals surface area contributed by atoms with Crippen molar-refractivity contribution < 1.29 is 24.5 Å². The number of pyridine rings is 1. The first-order valence-corrected chi connectivity index (χ1v) is 10.1. The predicted octanol–water partition coefficient (Wildman–Crippen LogP) is 3.10. The molecule has 2 aliphatic rings. The van der Waals surface area contributed by atoms with Gasteiger partial charge in [0.2, 0.25) is 5.60 Å². The number of nitrogens with zero attached hydrogens (tertiary/aromatic N) is 2. The summed E-state index contributed by atoms with van der Waals surface area (Å²) in [5.41, 5.74) is -0.459. The minimum Gasteiger partial charge on any atom is -0.507 e.